The van der Waals surface area contributed by atoms with Crippen LogP contribution in [0.1, 0.15) is 5.56 Å². The molecule has 1 aromatic carbocycles. The van der Waals surface area contributed by atoms with E-state index in [0.717, 1.165) is 18.3 Å². The lowest BCUT2D eigenvalue weighted by atomic mass is 10.1. The van der Waals surface area contributed by atoms with Crippen molar-refractivity contribution < 1.29 is 21.6 Å². The van der Waals surface area contributed by atoms with Crippen LogP contribution in [0.15, 0.2) is 29.3 Å². The first-order valence-electron chi connectivity index (χ1n) is 4.33. The zero-order valence-electron chi connectivity index (χ0n) is 8.05. The van der Waals surface area contributed by atoms with Gasteiger partial charge in [0.15, 0.2) is 0 Å². The van der Waals surface area contributed by atoms with E-state index in [4.69, 9.17) is 10.7 Å². The van der Waals surface area contributed by atoms with E-state index in [1.54, 1.807) is 0 Å². The van der Waals surface area contributed by atoms with Gasteiger partial charge in [-0.15, -0.1) is 0 Å². The second-order valence-corrected chi connectivity index (χ2v) is 5.85. The molecule has 0 saturated heterocycles. The molecule has 0 atom stereocenters. The second kappa shape index (κ2) is 3.64. The zero-order valence-corrected chi connectivity index (χ0v) is 9.62. The van der Waals surface area contributed by atoms with Crippen molar-refractivity contribution in [3.63, 3.8) is 0 Å². The molecule has 0 aliphatic heterocycles. The van der Waals surface area contributed by atoms with Crippen LogP contribution >= 0.6 is 10.7 Å². The smallest absolute Gasteiger partial charge is 0.359 e. The molecule has 0 bridgehead atoms. The molecule has 2 aromatic rings. The molecule has 8 heteroatoms. The van der Waals surface area contributed by atoms with Crippen LogP contribution in [0.25, 0.3) is 10.9 Å². The van der Waals surface area contributed by atoms with E-state index in [9.17, 15) is 21.6 Å². The number of aromatic nitrogens is 1. The zero-order chi connectivity index (χ0) is 12.8. The van der Waals surface area contributed by atoms with Crippen molar-refractivity contribution in [1.82, 2.24) is 4.98 Å². The fourth-order valence-electron chi connectivity index (χ4n) is 1.57. The van der Waals surface area contributed by atoms with Crippen molar-refractivity contribution in [2.45, 2.75) is 11.1 Å². The Kier molecular flexibility index (Phi) is 2.62. The molecule has 1 heterocycles. The third kappa shape index (κ3) is 2.12. The molecule has 0 saturated carbocycles. The number of hydrogen-bond acceptors (Lipinski definition) is 2. The molecule has 3 nitrogen and oxygen atoms in total. The highest BCUT2D eigenvalue weighted by molar-refractivity contribution is 8.14. The minimum Gasteiger partial charge on any atom is -0.359 e. The monoisotopic (exact) mass is 283 g/mol. The van der Waals surface area contributed by atoms with Crippen LogP contribution in [0.4, 0.5) is 13.2 Å². The molecule has 0 unspecified atom stereocenters. The van der Waals surface area contributed by atoms with E-state index in [0.29, 0.717) is 0 Å². The van der Waals surface area contributed by atoms with E-state index in [2.05, 4.69) is 4.98 Å². The average Bonchev–Trinajstić information content (AvgIpc) is 2.57. The van der Waals surface area contributed by atoms with Crippen LogP contribution in [0.3, 0.4) is 0 Å². The Morgan fingerprint density at radius 1 is 1.24 bits per heavy atom. The highest BCUT2D eigenvalue weighted by Gasteiger charge is 2.34. The number of fused-ring (bicyclic) bond motifs is 1. The first-order valence-corrected chi connectivity index (χ1v) is 6.64. The number of para-hydroxylation sites is 1. The number of nitrogens with one attached hydrogen (secondary N) is 1. The molecular formula is C9H5ClF3NO2S. The van der Waals surface area contributed by atoms with Gasteiger partial charge in [-0.25, -0.2) is 8.42 Å². The molecular weight excluding hydrogens is 279 g/mol. The molecule has 92 valence electrons. The van der Waals surface area contributed by atoms with Gasteiger partial charge in [-0.1, -0.05) is 12.1 Å². The van der Waals surface area contributed by atoms with Gasteiger partial charge in [0.25, 0.3) is 9.05 Å². The summed E-state index contributed by atoms with van der Waals surface area (Å²) < 4.78 is 60.1. The summed E-state index contributed by atoms with van der Waals surface area (Å²) in [6.45, 7) is 0. The van der Waals surface area contributed by atoms with Gasteiger partial charge in [-0.05, 0) is 6.07 Å². The molecule has 1 aromatic heterocycles. The fraction of sp³-hybridized carbons (Fsp3) is 0.111. The number of rotatable bonds is 1. The van der Waals surface area contributed by atoms with Gasteiger partial charge >= 0.3 is 6.18 Å². The number of aromatic amines is 1. The minimum atomic E-state index is -4.56. The van der Waals surface area contributed by atoms with Crippen LogP contribution < -0.4 is 0 Å². The maximum absolute atomic E-state index is 12.6. The highest BCUT2D eigenvalue weighted by Crippen LogP contribution is 2.36. The maximum Gasteiger partial charge on any atom is 0.418 e. The minimum absolute atomic E-state index is 0.0742. The van der Waals surface area contributed by atoms with Gasteiger partial charge in [0.05, 0.1) is 11.1 Å². The Morgan fingerprint density at radius 3 is 2.41 bits per heavy atom. The standard InChI is InChI=1S/C9H5ClF3NO2S/c10-17(15,16)7-4-14-8-5(7)2-1-3-6(8)9(11,12)13/h1-4,14H. The average molecular weight is 284 g/mol. The van der Waals surface area contributed by atoms with Gasteiger partial charge < -0.3 is 4.98 Å². The summed E-state index contributed by atoms with van der Waals surface area (Å²) in [5, 5.41) is -0.0742. The first-order chi connectivity index (χ1) is 7.71. The lowest BCUT2D eigenvalue weighted by Gasteiger charge is -2.07. The molecule has 0 fully saturated rings. The Balaban J connectivity index is 2.83. The number of benzene rings is 1. The van der Waals surface area contributed by atoms with Crippen molar-refractivity contribution in [1.29, 1.82) is 0 Å². The van der Waals surface area contributed by atoms with Gasteiger partial charge in [0, 0.05) is 22.3 Å². The Morgan fingerprint density at radius 2 is 1.88 bits per heavy atom. The Labute approximate surface area is 98.6 Å². The fourth-order valence-corrected chi connectivity index (χ4v) is 2.58. The quantitative estimate of drug-likeness (QED) is 0.818. The summed E-state index contributed by atoms with van der Waals surface area (Å²) in [5.41, 5.74) is -1.22. The van der Waals surface area contributed by atoms with Crippen molar-refractivity contribution in [3.8, 4) is 0 Å². The molecule has 0 aliphatic carbocycles. The molecule has 17 heavy (non-hydrogen) atoms. The molecule has 0 spiro atoms. The molecule has 0 radical (unpaired) electrons. The normalized spacial score (nSPS) is 13.2. The molecule has 0 aliphatic rings. The van der Waals surface area contributed by atoms with Gasteiger partial charge in [0.1, 0.15) is 4.90 Å². The topological polar surface area (TPSA) is 49.9 Å². The summed E-state index contributed by atoms with van der Waals surface area (Å²) in [4.78, 5) is 1.93. The SMILES string of the molecule is O=S(=O)(Cl)c1c[nH]c2c(C(F)(F)F)cccc12. The molecule has 2 rings (SSSR count). The van der Waals surface area contributed by atoms with Crippen molar-refractivity contribution >= 4 is 30.6 Å². The highest BCUT2D eigenvalue weighted by atomic mass is 35.7. The largest absolute Gasteiger partial charge is 0.418 e. The van der Waals surface area contributed by atoms with E-state index in [1.807, 2.05) is 0 Å². The van der Waals surface area contributed by atoms with E-state index in [-0.39, 0.29) is 15.8 Å². The summed E-state index contributed by atoms with van der Waals surface area (Å²) in [6.07, 6.45) is -3.61. The third-order valence-electron chi connectivity index (χ3n) is 2.25. The second-order valence-electron chi connectivity index (χ2n) is 3.32. The predicted octanol–water partition coefficient (Wildman–Crippen LogP) is 3.11. The van der Waals surface area contributed by atoms with Crippen LogP contribution in [0.5, 0.6) is 0 Å². The summed E-state index contributed by atoms with van der Waals surface area (Å²) in [7, 11) is 1.04. The van der Waals surface area contributed by atoms with Crippen molar-refractivity contribution in [3.05, 3.63) is 30.0 Å². The van der Waals surface area contributed by atoms with Crippen LogP contribution in [0.2, 0.25) is 0 Å². The lowest BCUT2D eigenvalue weighted by Crippen LogP contribution is -2.05. The van der Waals surface area contributed by atoms with Gasteiger partial charge in [-0.2, -0.15) is 13.2 Å². The maximum atomic E-state index is 12.6. The Hall–Kier alpha value is -1.21. The predicted molar refractivity (Wildman–Crippen MR) is 56.3 cm³/mol. The van der Waals surface area contributed by atoms with Gasteiger partial charge in [0.2, 0.25) is 0 Å². The number of H-pyrrole nitrogens is 1. The molecule has 0 amide bonds. The van der Waals surface area contributed by atoms with Crippen molar-refractivity contribution in [2.24, 2.45) is 0 Å². The van der Waals surface area contributed by atoms with Crippen LogP contribution in [-0.2, 0) is 15.2 Å². The Bertz CT molecular complexity index is 675. The van der Waals surface area contributed by atoms with E-state index in [1.165, 1.54) is 6.07 Å². The van der Waals surface area contributed by atoms with Crippen LogP contribution in [0, 0.1) is 0 Å². The lowest BCUT2D eigenvalue weighted by molar-refractivity contribution is -0.136. The number of hydrogen-bond donors (Lipinski definition) is 1. The summed E-state index contributed by atoms with van der Waals surface area (Å²) in [5.74, 6) is 0. The van der Waals surface area contributed by atoms with Crippen LogP contribution in [-0.4, -0.2) is 13.4 Å². The van der Waals surface area contributed by atoms with E-state index < -0.39 is 20.8 Å². The molecule has 1 N–H and O–H groups in total. The number of alkyl halides is 3. The van der Waals surface area contributed by atoms with Gasteiger partial charge in [-0.3, -0.25) is 0 Å². The van der Waals surface area contributed by atoms with Crippen molar-refractivity contribution in [2.75, 3.05) is 0 Å². The first kappa shape index (κ1) is 12.3. The summed E-state index contributed by atoms with van der Waals surface area (Å²) >= 11 is 0. The van der Waals surface area contributed by atoms with E-state index >= 15 is 0 Å². The number of halogens is 4. The third-order valence-corrected chi connectivity index (χ3v) is 3.61. The summed E-state index contributed by atoms with van der Waals surface area (Å²) in [6, 6.07) is 3.25.